The van der Waals surface area contributed by atoms with Crippen molar-refractivity contribution in [3.63, 3.8) is 0 Å². The molecule has 0 spiro atoms. The molecule has 1 aliphatic carbocycles. The summed E-state index contributed by atoms with van der Waals surface area (Å²) in [6.45, 7) is 2.34. The van der Waals surface area contributed by atoms with E-state index in [1.54, 1.807) is 0 Å². The molecule has 0 aromatic carbocycles. The molecule has 1 aromatic rings. The first-order valence-electron chi connectivity index (χ1n) is 5.89. The molecular weight excluding hydrogens is 286 g/mol. The highest BCUT2D eigenvalue weighted by Gasteiger charge is 2.23. The minimum absolute atomic E-state index is 0.230. The summed E-state index contributed by atoms with van der Waals surface area (Å²) >= 11 is 5.41. The predicted molar refractivity (Wildman–Crippen MR) is 72.0 cm³/mol. The molecule has 4 heteroatoms. The SMILES string of the molecule is CC[C@H](CO)NC1CCCc2sc(Br)cc21. The standard InChI is InChI=1S/C12H18BrNOS/c1-2-8(7-15)14-10-4-3-5-11-9(10)6-12(13)16-11/h6,8,10,14-15H,2-5,7H2,1H3/t8-,10?/m1/s1. The van der Waals surface area contributed by atoms with Crippen LogP contribution >= 0.6 is 27.3 Å². The summed E-state index contributed by atoms with van der Waals surface area (Å²) in [5, 5.41) is 12.8. The molecule has 1 aliphatic rings. The molecule has 0 bridgehead atoms. The normalized spacial score (nSPS) is 21.8. The molecule has 16 heavy (non-hydrogen) atoms. The highest BCUT2D eigenvalue weighted by atomic mass is 79.9. The van der Waals surface area contributed by atoms with Crippen LogP contribution in [-0.2, 0) is 6.42 Å². The lowest BCUT2D eigenvalue weighted by atomic mass is 9.93. The monoisotopic (exact) mass is 303 g/mol. The highest BCUT2D eigenvalue weighted by molar-refractivity contribution is 9.11. The van der Waals surface area contributed by atoms with E-state index in [1.165, 1.54) is 33.5 Å². The number of rotatable bonds is 4. The maximum absolute atomic E-state index is 9.24. The maximum atomic E-state index is 9.24. The van der Waals surface area contributed by atoms with Crippen LogP contribution in [0.4, 0.5) is 0 Å². The van der Waals surface area contributed by atoms with E-state index < -0.39 is 0 Å². The van der Waals surface area contributed by atoms with Crippen LogP contribution in [0.3, 0.4) is 0 Å². The summed E-state index contributed by atoms with van der Waals surface area (Å²) in [4.78, 5) is 1.50. The van der Waals surface area contributed by atoms with Gasteiger partial charge >= 0.3 is 0 Å². The third-order valence-electron chi connectivity index (χ3n) is 3.23. The molecule has 1 aromatic heterocycles. The van der Waals surface area contributed by atoms with Gasteiger partial charge in [-0.15, -0.1) is 11.3 Å². The van der Waals surface area contributed by atoms with Gasteiger partial charge in [-0.3, -0.25) is 0 Å². The van der Waals surface area contributed by atoms with Gasteiger partial charge < -0.3 is 10.4 Å². The van der Waals surface area contributed by atoms with E-state index in [0.717, 1.165) is 6.42 Å². The van der Waals surface area contributed by atoms with Gasteiger partial charge in [0, 0.05) is 17.0 Å². The first-order chi connectivity index (χ1) is 7.74. The van der Waals surface area contributed by atoms with Crippen molar-refractivity contribution < 1.29 is 5.11 Å². The first kappa shape index (κ1) is 12.6. The fraction of sp³-hybridized carbons (Fsp3) is 0.667. The number of hydrogen-bond donors (Lipinski definition) is 2. The average molecular weight is 304 g/mol. The quantitative estimate of drug-likeness (QED) is 0.895. The van der Waals surface area contributed by atoms with Gasteiger partial charge in [-0.25, -0.2) is 0 Å². The second kappa shape index (κ2) is 5.63. The van der Waals surface area contributed by atoms with E-state index in [0.29, 0.717) is 6.04 Å². The second-order valence-corrected chi connectivity index (χ2v) is 6.84. The maximum Gasteiger partial charge on any atom is 0.0704 e. The van der Waals surface area contributed by atoms with E-state index >= 15 is 0 Å². The Morgan fingerprint density at radius 3 is 3.19 bits per heavy atom. The Balaban J connectivity index is 2.12. The minimum atomic E-state index is 0.230. The summed E-state index contributed by atoms with van der Waals surface area (Å²) in [6, 6.07) is 2.90. The Hall–Kier alpha value is 0.100. The number of aliphatic hydroxyl groups is 1. The fourth-order valence-electron chi connectivity index (χ4n) is 2.28. The van der Waals surface area contributed by atoms with Crippen molar-refractivity contribution in [2.24, 2.45) is 0 Å². The minimum Gasteiger partial charge on any atom is -0.395 e. The third-order valence-corrected chi connectivity index (χ3v) is 4.95. The van der Waals surface area contributed by atoms with E-state index in [4.69, 9.17) is 0 Å². The van der Waals surface area contributed by atoms with Crippen molar-refractivity contribution in [3.05, 3.63) is 20.3 Å². The van der Waals surface area contributed by atoms with Gasteiger partial charge in [-0.2, -0.15) is 0 Å². The first-order valence-corrected chi connectivity index (χ1v) is 7.50. The smallest absolute Gasteiger partial charge is 0.0704 e. The van der Waals surface area contributed by atoms with E-state index in [1.807, 2.05) is 11.3 Å². The summed E-state index contributed by atoms with van der Waals surface area (Å²) < 4.78 is 1.23. The number of thiophene rings is 1. The van der Waals surface area contributed by atoms with Crippen LogP contribution in [0.5, 0.6) is 0 Å². The summed E-state index contributed by atoms with van der Waals surface area (Å²) in [6.07, 6.45) is 4.62. The van der Waals surface area contributed by atoms with Gasteiger partial charge in [0.1, 0.15) is 0 Å². The molecule has 0 saturated heterocycles. The van der Waals surface area contributed by atoms with Gasteiger partial charge in [-0.05, 0) is 53.2 Å². The highest BCUT2D eigenvalue weighted by Crippen LogP contribution is 2.38. The molecule has 2 N–H and O–H groups in total. The summed E-state index contributed by atoms with van der Waals surface area (Å²) in [5.74, 6) is 0. The van der Waals surface area contributed by atoms with Gasteiger partial charge in [0.05, 0.1) is 10.4 Å². The Labute approximate surface area is 109 Å². The molecule has 1 heterocycles. The Morgan fingerprint density at radius 2 is 2.50 bits per heavy atom. The van der Waals surface area contributed by atoms with Gasteiger partial charge in [0.2, 0.25) is 0 Å². The molecule has 90 valence electrons. The Kier molecular flexibility index (Phi) is 4.41. The summed E-state index contributed by atoms with van der Waals surface area (Å²) in [5.41, 5.74) is 1.44. The number of aliphatic hydroxyl groups excluding tert-OH is 1. The largest absolute Gasteiger partial charge is 0.395 e. The van der Waals surface area contributed by atoms with Crippen molar-refractivity contribution in [2.75, 3.05) is 6.61 Å². The number of nitrogens with one attached hydrogen (secondary N) is 1. The van der Waals surface area contributed by atoms with Gasteiger partial charge in [-0.1, -0.05) is 6.92 Å². The molecule has 2 rings (SSSR count). The van der Waals surface area contributed by atoms with Crippen LogP contribution < -0.4 is 5.32 Å². The summed E-state index contributed by atoms with van der Waals surface area (Å²) in [7, 11) is 0. The van der Waals surface area contributed by atoms with Crippen molar-refractivity contribution in [3.8, 4) is 0 Å². The molecule has 0 radical (unpaired) electrons. The number of aryl methyl sites for hydroxylation is 1. The zero-order valence-electron chi connectivity index (χ0n) is 9.50. The van der Waals surface area contributed by atoms with Crippen molar-refractivity contribution in [2.45, 2.75) is 44.7 Å². The lowest BCUT2D eigenvalue weighted by Crippen LogP contribution is -2.36. The van der Waals surface area contributed by atoms with Crippen LogP contribution in [0, 0.1) is 0 Å². The van der Waals surface area contributed by atoms with E-state index in [2.05, 4.69) is 34.2 Å². The molecular formula is C12H18BrNOS. The molecule has 0 saturated carbocycles. The van der Waals surface area contributed by atoms with Crippen LogP contribution in [-0.4, -0.2) is 17.8 Å². The zero-order valence-corrected chi connectivity index (χ0v) is 11.9. The zero-order chi connectivity index (χ0) is 11.5. The second-order valence-electron chi connectivity index (χ2n) is 4.33. The van der Waals surface area contributed by atoms with E-state index in [-0.39, 0.29) is 12.6 Å². The Bertz CT molecular complexity index is 349. The lowest BCUT2D eigenvalue weighted by Gasteiger charge is -2.27. The fourth-order valence-corrected chi connectivity index (χ4v) is 4.10. The van der Waals surface area contributed by atoms with Crippen molar-refractivity contribution >= 4 is 27.3 Å². The third kappa shape index (κ3) is 2.67. The van der Waals surface area contributed by atoms with Crippen LogP contribution in [0.15, 0.2) is 9.85 Å². The Morgan fingerprint density at radius 1 is 1.69 bits per heavy atom. The van der Waals surface area contributed by atoms with Crippen LogP contribution in [0.1, 0.15) is 42.7 Å². The van der Waals surface area contributed by atoms with E-state index in [9.17, 15) is 5.11 Å². The van der Waals surface area contributed by atoms with Crippen molar-refractivity contribution in [1.29, 1.82) is 0 Å². The lowest BCUT2D eigenvalue weighted by molar-refractivity contribution is 0.223. The average Bonchev–Trinajstić information content (AvgIpc) is 2.67. The number of halogens is 1. The topological polar surface area (TPSA) is 32.3 Å². The van der Waals surface area contributed by atoms with Crippen LogP contribution in [0.25, 0.3) is 0 Å². The molecule has 2 atom stereocenters. The van der Waals surface area contributed by atoms with Crippen LogP contribution in [0.2, 0.25) is 0 Å². The van der Waals surface area contributed by atoms with Crippen molar-refractivity contribution in [1.82, 2.24) is 5.32 Å². The predicted octanol–water partition coefficient (Wildman–Crippen LogP) is 3.25. The molecule has 2 nitrogen and oxygen atoms in total. The van der Waals surface area contributed by atoms with Gasteiger partial charge in [0.15, 0.2) is 0 Å². The molecule has 0 aliphatic heterocycles. The molecule has 0 fully saturated rings. The number of fused-ring (bicyclic) bond motifs is 1. The molecule has 0 amide bonds. The number of hydrogen-bond acceptors (Lipinski definition) is 3. The van der Waals surface area contributed by atoms with Gasteiger partial charge in [0.25, 0.3) is 0 Å². The molecule has 1 unspecified atom stereocenters.